The van der Waals surface area contributed by atoms with E-state index in [9.17, 15) is 9.59 Å². The standard InChI is InChI=1S/C14H19NO.C9H8O2/c1-4-6-7-8-9-10-11-14(16)15-12-13(3)5-2;1-2-3-4-5-6-7-8-9(10)11/h1,10-11,13H,5,8-9,12H2,2-3H3,(H,15,16);1,7-8H,5-6H2,(H,10,11)/b11-10-;8-7-. The fraction of sp³-hybridized carbons (Fsp3) is 0.391. The number of amides is 1. The molecule has 0 saturated carbocycles. The number of rotatable bonds is 9. The van der Waals surface area contributed by atoms with Gasteiger partial charge in [0.1, 0.15) is 0 Å². The first-order valence-electron chi connectivity index (χ1n) is 8.68. The van der Waals surface area contributed by atoms with Crippen LogP contribution in [0, 0.1) is 54.3 Å². The molecule has 0 bridgehead atoms. The molecule has 0 aromatic carbocycles. The summed E-state index contributed by atoms with van der Waals surface area (Å²) in [4.78, 5) is 21.2. The smallest absolute Gasteiger partial charge is 0.327 e. The number of carboxylic acids is 1. The molecule has 4 nitrogen and oxygen atoms in total. The Hall–Kier alpha value is -3.34. The van der Waals surface area contributed by atoms with E-state index in [1.807, 2.05) is 6.08 Å². The number of terminal acetylenes is 2. The minimum Gasteiger partial charge on any atom is -0.478 e. The largest absolute Gasteiger partial charge is 0.478 e. The van der Waals surface area contributed by atoms with E-state index >= 15 is 0 Å². The third-order valence-corrected chi connectivity index (χ3v) is 3.04. The lowest BCUT2D eigenvalue weighted by molar-refractivity contribution is -0.131. The summed E-state index contributed by atoms with van der Waals surface area (Å²) in [6.07, 6.45) is 19.6. The third kappa shape index (κ3) is 25.0. The molecule has 0 radical (unpaired) electrons. The highest BCUT2D eigenvalue weighted by atomic mass is 16.4. The van der Waals surface area contributed by atoms with Gasteiger partial charge in [0.15, 0.2) is 0 Å². The predicted molar refractivity (Wildman–Crippen MR) is 110 cm³/mol. The minimum absolute atomic E-state index is 0.0368. The van der Waals surface area contributed by atoms with Crippen LogP contribution < -0.4 is 5.32 Å². The van der Waals surface area contributed by atoms with Crippen molar-refractivity contribution >= 4 is 11.9 Å². The summed E-state index contributed by atoms with van der Waals surface area (Å²) < 4.78 is 0. The second-order valence-corrected chi connectivity index (χ2v) is 5.37. The predicted octanol–water partition coefficient (Wildman–Crippen LogP) is 3.17. The number of carboxylic acid groups (broad SMARTS) is 1. The lowest BCUT2D eigenvalue weighted by atomic mass is 10.1. The van der Waals surface area contributed by atoms with E-state index < -0.39 is 5.97 Å². The molecule has 1 amide bonds. The van der Waals surface area contributed by atoms with Gasteiger partial charge in [-0.2, -0.15) is 0 Å². The molecule has 142 valence electrons. The topological polar surface area (TPSA) is 66.4 Å². The van der Waals surface area contributed by atoms with Gasteiger partial charge in [0.25, 0.3) is 0 Å². The molecule has 1 atom stereocenters. The molecule has 1 unspecified atom stereocenters. The molecule has 0 aromatic rings. The van der Waals surface area contributed by atoms with Gasteiger partial charge in [-0.3, -0.25) is 4.79 Å². The number of hydrogen-bond donors (Lipinski definition) is 2. The summed E-state index contributed by atoms with van der Waals surface area (Å²) in [6.45, 7) is 4.95. The zero-order chi connectivity index (χ0) is 20.8. The molecule has 0 fully saturated rings. The average molecular weight is 365 g/mol. The molecule has 0 aliphatic heterocycles. The zero-order valence-electron chi connectivity index (χ0n) is 16.0. The molecule has 0 saturated heterocycles. The van der Waals surface area contributed by atoms with Crippen LogP contribution in [0.2, 0.25) is 0 Å². The number of aliphatic carboxylic acids is 1. The van der Waals surface area contributed by atoms with E-state index in [1.54, 1.807) is 12.2 Å². The van der Waals surface area contributed by atoms with Gasteiger partial charge >= 0.3 is 5.97 Å². The van der Waals surface area contributed by atoms with Gasteiger partial charge in [-0.05, 0) is 48.5 Å². The molecule has 0 aliphatic carbocycles. The summed E-state index contributed by atoms with van der Waals surface area (Å²) in [5, 5.41) is 11.0. The first kappa shape index (κ1) is 25.9. The van der Waals surface area contributed by atoms with Crippen molar-refractivity contribution in [3.8, 4) is 48.4 Å². The maximum Gasteiger partial charge on any atom is 0.327 e. The van der Waals surface area contributed by atoms with Crippen LogP contribution in [0.5, 0.6) is 0 Å². The maximum atomic E-state index is 11.3. The fourth-order valence-corrected chi connectivity index (χ4v) is 1.39. The Morgan fingerprint density at radius 2 is 1.56 bits per heavy atom. The Balaban J connectivity index is 0. The first-order valence-corrected chi connectivity index (χ1v) is 8.68. The van der Waals surface area contributed by atoms with Gasteiger partial charge in [0.2, 0.25) is 5.91 Å². The highest BCUT2D eigenvalue weighted by Crippen LogP contribution is 1.97. The molecule has 2 N–H and O–H groups in total. The minimum atomic E-state index is -0.935. The van der Waals surface area contributed by atoms with Crippen molar-refractivity contribution in [1.82, 2.24) is 5.32 Å². The lowest BCUT2D eigenvalue weighted by Crippen LogP contribution is -2.26. The van der Waals surface area contributed by atoms with Crippen LogP contribution in [0.25, 0.3) is 0 Å². The number of unbranched alkanes of at least 4 members (excludes halogenated alkanes) is 2. The van der Waals surface area contributed by atoms with Crippen LogP contribution in [0.15, 0.2) is 24.3 Å². The summed E-state index contributed by atoms with van der Waals surface area (Å²) in [5.74, 6) is 14.4. The van der Waals surface area contributed by atoms with Gasteiger partial charge in [0, 0.05) is 25.5 Å². The molecule has 0 aromatic heterocycles. The van der Waals surface area contributed by atoms with Gasteiger partial charge in [-0.15, -0.1) is 12.8 Å². The van der Waals surface area contributed by atoms with Crippen molar-refractivity contribution in [1.29, 1.82) is 0 Å². The second-order valence-electron chi connectivity index (χ2n) is 5.37. The van der Waals surface area contributed by atoms with Crippen LogP contribution in [-0.4, -0.2) is 23.5 Å². The fourth-order valence-electron chi connectivity index (χ4n) is 1.39. The van der Waals surface area contributed by atoms with Crippen molar-refractivity contribution in [2.45, 2.75) is 46.0 Å². The normalized spacial score (nSPS) is 10.1. The zero-order valence-corrected chi connectivity index (χ0v) is 16.0. The number of nitrogens with one attached hydrogen (secondary N) is 1. The van der Waals surface area contributed by atoms with Crippen LogP contribution in [-0.2, 0) is 9.59 Å². The van der Waals surface area contributed by atoms with Crippen LogP contribution in [0.1, 0.15) is 46.0 Å². The monoisotopic (exact) mass is 365 g/mol. The summed E-state index contributed by atoms with van der Waals surface area (Å²) in [5.41, 5.74) is 0. The summed E-state index contributed by atoms with van der Waals surface area (Å²) >= 11 is 0. The maximum absolute atomic E-state index is 11.3. The second kappa shape index (κ2) is 20.7. The van der Waals surface area contributed by atoms with Gasteiger partial charge < -0.3 is 10.4 Å². The lowest BCUT2D eigenvalue weighted by Gasteiger charge is -2.07. The van der Waals surface area contributed by atoms with Crippen LogP contribution in [0.3, 0.4) is 0 Å². The Morgan fingerprint density at radius 3 is 2.00 bits per heavy atom. The third-order valence-electron chi connectivity index (χ3n) is 3.04. The van der Waals surface area contributed by atoms with Crippen molar-refractivity contribution in [2.75, 3.05) is 6.54 Å². The average Bonchev–Trinajstić information content (AvgIpc) is 2.65. The number of carbonyl (C=O) groups excluding carboxylic acids is 1. The van der Waals surface area contributed by atoms with Crippen LogP contribution in [0.4, 0.5) is 0 Å². The van der Waals surface area contributed by atoms with Gasteiger partial charge in [-0.25, -0.2) is 4.79 Å². The Bertz CT molecular complexity index is 694. The molecule has 27 heavy (non-hydrogen) atoms. The number of carbonyl (C=O) groups is 2. The van der Waals surface area contributed by atoms with Crippen LogP contribution >= 0.6 is 0 Å². The van der Waals surface area contributed by atoms with Gasteiger partial charge in [-0.1, -0.05) is 44.3 Å². The quantitative estimate of drug-likeness (QED) is 0.375. The van der Waals surface area contributed by atoms with E-state index in [4.69, 9.17) is 18.0 Å². The number of hydrogen-bond acceptors (Lipinski definition) is 2. The van der Waals surface area contributed by atoms with Crippen molar-refractivity contribution < 1.29 is 14.7 Å². The summed E-state index contributed by atoms with van der Waals surface area (Å²) in [7, 11) is 0. The van der Waals surface area contributed by atoms with Crippen molar-refractivity contribution in [2.24, 2.45) is 5.92 Å². The van der Waals surface area contributed by atoms with E-state index in [1.165, 1.54) is 0 Å². The molecular weight excluding hydrogens is 338 g/mol. The van der Waals surface area contributed by atoms with E-state index in [0.717, 1.165) is 25.5 Å². The van der Waals surface area contributed by atoms with Crippen molar-refractivity contribution in [3.63, 3.8) is 0 Å². The van der Waals surface area contributed by atoms with Crippen molar-refractivity contribution in [3.05, 3.63) is 24.3 Å². The van der Waals surface area contributed by atoms with Gasteiger partial charge in [0.05, 0.1) is 0 Å². The molecule has 0 rings (SSSR count). The number of allylic oxidation sites excluding steroid dienone is 2. The highest BCUT2D eigenvalue weighted by Gasteiger charge is 1.99. The molecular formula is C23H27NO3. The molecule has 4 heteroatoms. The van der Waals surface area contributed by atoms with E-state index in [0.29, 0.717) is 25.2 Å². The van der Waals surface area contributed by atoms with E-state index in [-0.39, 0.29) is 5.91 Å². The molecule has 0 aliphatic rings. The summed E-state index contributed by atoms with van der Waals surface area (Å²) in [6, 6.07) is 0. The SMILES string of the molecule is C#CC#CCC/C=C\C(=O)NCC(C)CC.C#CC#CCC/C=C\C(=O)O. The first-order chi connectivity index (χ1) is 13.0. The molecule has 0 heterocycles. The highest BCUT2D eigenvalue weighted by molar-refractivity contribution is 5.87. The molecule has 0 spiro atoms. The Kier molecular flexibility index (Phi) is 19.9. The van der Waals surface area contributed by atoms with E-state index in [2.05, 4.69) is 54.7 Å². The Labute approximate surface area is 163 Å². The Morgan fingerprint density at radius 1 is 1.04 bits per heavy atom.